The van der Waals surface area contributed by atoms with Crippen LogP contribution >= 0.6 is 24.8 Å². The van der Waals surface area contributed by atoms with Crippen molar-refractivity contribution >= 4 is 30.7 Å². The molecule has 0 radical (unpaired) electrons. The largest absolute Gasteiger partial charge is 0.369 e. The summed E-state index contributed by atoms with van der Waals surface area (Å²) in [6, 6.07) is 0.200. The van der Waals surface area contributed by atoms with Gasteiger partial charge in [0.1, 0.15) is 0 Å². The summed E-state index contributed by atoms with van der Waals surface area (Å²) in [5.74, 6) is -0.140. The molecule has 0 unspecified atom stereocenters. The van der Waals surface area contributed by atoms with Crippen LogP contribution in [0.15, 0.2) is 0 Å². The predicted octanol–water partition coefficient (Wildman–Crippen LogP) is 0.833. The van der Waals surface area contributed by atoms with E-state index in [9.17, 15) is 4.79 Å². The number of carbonyl (C=O) groups excluding carboxylic acids is 1. The Hall–Kier alpha value is 0.01000. The first-order valence-electron chi connectivity index (χ1n) is 3.75. The van der Waals surface area contributed by atoms with Crippen molar-refractivity contribution in [1.82, 2.24) is 0 Å². The molecule has 12 heavy (non-hydrogen) atoms. The summed E-state index contributed by atoms with van der Waals surface area (Å²) in [6.45, 7) is 0. The molecule has 0 saturated heterocycles. The van der Waals surface area contributed by atoms with Crippen LogP contribution in [0.2, 0.25) is 0 Å². The Bertz CT molecular complexity index is 143. The fourth-order valence-electron chi connectivity index (χ4n) is 1.49. The topological polar surface area (TPSA) is 69.1 Å². The van der Waals surface area contributed by atoms with Crippen LogP contribution < -0.4 is 11.5 Å². The summed E-state index contributed by atoms with van der Waals surface area (Å²) >= 11 is 0. The van der Waals surface area contributed by atoms with E-state index in [1.807, 2.05) is 0 Å². The first-order chi connectivity index (χ1) is 4.70. The molecule has 1 amide bonds. The molecule has 0 spiro atoms. The third-order valence-electron chi connectivity index (χ3n) is 2.12. The standard InChI is InChI=1S/C7H14N2O.2ClH/c8-6-3-1-2-5(4-6)7(9)10;;/h5-6H,1-4,8H2,(H2,9,10);2*1H/t5-,6+;;/m1../s1. The van der Waals surface area contributed by atoms with Gasteiger partial charge in [-0.3, -0.25) is 4.79 Å². The van der Waals surface area contributed by atoms with Crippen molar-refractivity contribution in [3.8, 4) is 0 Å². The smallest absolute Gasteiger partial charge is 0.220 e. The van der Waals surface area contributed by atoms with E-state index in [2.05, 4.69) is 0 Å². The van der Waals surface area contributed by atoms with Crippen LogP contribution in [0, 0.1) is 5.92 Å². The number of nitrogens with two attached hydrogens (primary N) is 2. The van der Waals surface area contributed by atoms with Gasteiger partial charge >= 0.3 is 0 Å². The summed E-state index contributed by atoms with van der Waals surface area (Å²) < 4.78 is 0. The van der Waals surface area contributed by atoms with Crippen molar-refractivity contribution < 1.29 is 4.79 Å². The summed E-state index contributed by atoms with van der Waals surface area (Å²) in [7, 11) is 0. The number of rotatable bonds is 1. The second kappa shape index (κ2) is 6.52. The van der Waals surface area contributed by atoms with Crippen molar-refractivity contribution in [2.75, 3.05) is 0 Å². The van der Waals surface area contributed by atoms with Gasteiger partial charge < -0.3 is 11.5 Å². The lowest BCUT2D eigenvalue weighted by molar-refractivity contribution is -0.122. The molecule has 1 rings (SSSR count). The summed E-state index contributed by atoms with van der Waals surface area (Å²) in [5, 5.41) is 0. The van der Waals surface area contributed by atoms with E-state index in [1.165, 1.54) is 0 Å². The van der Waals surface area contributed by atoms with Crippen LogP contribution in [0.25, 0.3) is 0 Å². The highest BCUT2D eigenvalue weighted by molar-refractivity contribution is 5.85. The van der Waals surface area contributed by atoms with E-state index >= 15 is 0 Å². The van der Waals surface area contributed by atoms with E-state index in [1.54, 1.807) is 0 Å². The molecule has 1 aliphatic rings. The average molecular weight is 215 g/mol. The first kappa shape index (κ1) is 14.5. The number of primary amides is 1. The van der Waals surface area contributed by atoms with Crippen LogP contribution in [0.4, 0.5) is 0 Å². The van der Waals surface area contributed by atoms with Gasteiger partial charge in [-0.2, -0.15) is 0 Å². The van der Waals surface area contributed by atoms with Crippen molar-refractivity contribution in [3.63, 3.8) is 0 Å². The van der Waals surface area contributed by atoms with Gasteiger partial charge in [0.2, 0.25) is 5.91 Å². The molecule has 0 aromatic heterocycles. The Morgan fingerprint density at radius 1 is 1.25 bits per heavy atom. The highest BCUT2D eigenvalue weighted by atomic mass is 35.5. The molecular formula is C7H16Cl2N2O. The van der Waals surface area contributed by atoms with Gasteiger partial charge in [-0.25, -0.2) is 0 Å². The Kier molecular flexibility index (Phi) is 7.89. The molecule has 1 aliphatic carbocycles. The molecule has 1 fully saturated rings. The zero-order valence-electron chi connectivity index (χ0n) is 6.86. The van der Waals surface area contributed by atoms with Crippen molar-refractivity contribution in [2.45, 2.75) is 31.7 Å². The average Bonchev–Trinajstić information content (AvgIpc) is 1.88. The minimum absolute atomic E-state index is 0. The molecule has 0 aliphatic heterocycles. The molecule has 74 valence electrons. The second-order valence-corrected chi connectivity index (χ2v) is 3.03. The van der Waals surface area contributed by atoms with Crippen LogP contribution in [0.5, 0.6) is 0 Å². The molecular weight excluding hydrogens is 199 g/mol. The maximum absolute atomic E-state index is 10.7. The van der Waals surface area contributed by atoms with Crippen LogP contribution in [0.1, 0.15) is 25.7 Å². The van der Waals surface area contributed by atoms with Gasteiger partial charge in [-0.15, -0.1) is 24.8 Å². The third kappa shape index (κ3) is 4.14. The monoisotopic (exact) mass is 214 g/mol. The molecule has 1 saturated carbocycles. The molecule has 3 nitrogen and oxygen atoms in total. The fourth-order valence-corrected chi connectivity index (χ4v) is 1.49. The first-order valence-corrected chi connectivity index (χ1v) is 3.75. The van der Waals surface area contributed by atoms with Crippen molar-refractivity contribution in [3.05, 3.63) is 0 Å². The summed E-state index contributed by atoms with van der Waals surface area (Å²) in [5.41, 5.74) is 10.8. The van der Waals surface area contributed by atoms with E-state index in [0.29, 0.717) is 0 Å². The van der Waals surface area contributed by atoms with Crippen molar-refractivity contribution in [2.24, 2.45) is 17.4 Å². The minimum atomic E-state index is -0.185. The highest BCUT2D eigenvalue weighted by Crippen LogP contribution is 2.22. The van der Waals surface area contributed by atoms with Gasteiger partial charge in [-0.1, -0.05) is 6.42 Å². The number of hydrogen-bond donors (Lipinski definition) is 2. The predicted molar refractivity (Wildman–Crippen MR) is 53.6 cm³/mol. The number of halogens is 2. The SMILES string of the molecule is Cl.Cl.NC(=O)[C@@H]1CCC[C@H](N)C1. The van der Waals surface area contributed by atoms with E-state index in [4.69, 9.17) is 11.5 Å². The Labute approximate surface area is 85.1 Å². The lowest BCUT2D eigenvalue weighted by atomic mass is 9.86. The zero-order chi connectivity index (χ0) is 7.56. The Balaban J connectivity index is 0. The third-order valence-corrected chi connectivity index (χ3v) is 2.12. The summed E-state index contributed by atoms with van der Waals surface area (Å²) in [4.78, 5) is 10.7. The molecule has 2 atom stereocenters. The highest BCUT2D eigenvalue weighted by Gasteiger charge is 2.22. The Morgan fingerprint density at radius 2 is 1.83 bits per heavy atom. The lowest BCUT2D eigenvalue weighted by Gasteiger charge is -2.23. The van der Waals surface area contributed by atoms with Crippen LogP contribution in [0.3, 0.4) is 0 Å². The van der Waals surface area contributed by atoms with Gasteiger partial charge in [0.15, 0.2) is 0 Å². The minimum Gasteiger partial charge on any atom is -0.369 e. The van der Waals surface area contributed by atoms with Gasteiger partial charge in [0, 0.05) is 12.0 Å². The maximum Gasteiger partial charge on any atom is 0.220 e. The quantitative estimate of drug-likeness (QED) is 0.680. The number of hydrogen-bond acceptors (Lipinski definition) is 2. The maximum atomic E-state index is 10.7. The van der Waals surface area contributed by atoms with E-state index in [-0.39, 0.29) is 42.7 Å². The van der Waals surface area contributed by atoms with Crippen LogP contribution in [-0.4, -0.2) is 11.9 Å². The number of amides is 1. The van der Waals surface area contributed by atoms with Crippen molar-refractivity contribution in [1.29, 1.82) is 0 Å². The second-order valence-electron chi connectivity index (χ2n) is 3.03. The van der Waals surface area contributed by atoms with Gasteiger partial charge in [-0.05, 0) is 19.3 Å². The number of carbonyl (C=O) groups is 1. The molecule has 5 heteroatoms. The molecule has 0 heterocycles. The fraction of sp³-hybridized carbons (Fsp3) is 0.857. The lowest BCUT2D eigenvalue weighted by Crippen LogP contribution is -2.34. The molecule has 0 aromatic rings. The molecule has 0 bridgehead atoms. The zero-order valence-corrected chi connectivity index (χ0v) is 8.50. The van der Waals surface area contributed by atoms with E-state index < -0.39 is 0 Å². The van der Waals surface area contributed by atoms with E-state index in [0.717, 1.165) is 25.7 Å². The normalized spacial score (nSPS) is 28.1. The van der Waals surface area contributed by atoms with Gasteiger partial charge in [0.05, 0.1) is 0 Å². The van der Waals surface area contributed by atoms with Crippen LogP contribution in [-0.2, 0) is 4.79 Å². The van der Waals surface area contributed by atoms with Gasteiger partial charge in [0.25, 0.3) is 0 Å². The Morgan fingerprint density at radius 3 is 2.17 bits per heavy atom. The molecule has 4 N–H and O–H groups in total. The summed E-state index contributed by atoms with van der Waals surface area (Å²) in [6.07, 6.45) is 3.82. The molecule has 0 aromatic carbocycles.